The van der Waals surface area contributed by atoms with Crippen molar-refractivity contribution < 1.29 is 27.1 Å². The second kappa shape index (κ2) is 11.0. The smallest absolute Gasteiger partial charge is 0.281 e. The van der Waals surface area contributed by atoms with Gasteiger partial charge in [-0.2, -0.15) is 8.42 Å². The molecule has 2 heterocycles. The van der Waals surface area contributed by atoms with Crippen molar-refractivity contribution in [1.29, 1.82) is 0 Å². The van der Waals surface area contributed by atoms with Crippen LogP contribution in [-0.4, -0.2) is 37.0 Å². The Morgan fingerprint density at radius 1 is 1.14 bits per heavy atom. The van der Waals surface area contributed by atoms with Crippen molar-refractivity contribution in [3.8, 4) is 22.9 Å². The Kier molecular flexibility index (Phi) is 7.83. The van der Waals surface area contributed by atoms with Crippen LogP contribution < -0.4 is 14.2 Å². The molecule has 0 spiro atoms. The van der Waals surface area contributed by atoms with Crippen LogP contribution >= 0.6 is 0 Å². The number of nitrogens with one attached hydrogen (secondary N) is 1. The van der Waals surface area contributed by atoms with E-state index in [1.54, 1.807) is 12.1 Å². The zero-order valence-electron chi connectivity index (χ0n) is 20.1. The van der Waals surface area contributed by atoms with Gasteiger partial charge in [-0.25, -0.2) is 19.1 Å². The lowest BCUT2D eigenvalue weighted by atomic mass is 10.1. The lowest BCUT2D eigenvalue weighted by molar-refractivity contribution is 0.0972. The molecule has 0 aliphatic heterocycles. The van der Waals surface area contributed by atoms with Crippen LogP contribution in [0.1, 0.15) is 49.9 Å². The van der Waals surface area contributed by atoms with Crippen LogP contribution in [0.5, 0.6) is 11.6 Å². The van der Waals surface area contributed by atoms with Gasteiger partial charge >= 0.3 is 0 Å². The molecule has 36 heavy (non-hydrogen) atoms. The SMILES string of the molecule is CC(C)COc1cc(F)cc(-c2ccc(C(=O)NS(=O)(=O)c3ccccn3)c(OC3CCCC3)n2)c1. The summed E-state index contributed by atoms with van der Waals surface area (Å²) in [6.45, 7) is 4.41. The number of aromatic nitrogens is 2. The Hall–Kier alpha value is -3.53. The molecule has 4 rings (SSSR count). The first-order valence-electron chi connectivity index (χ1n) is 11.8. The second-order valence-corrected chi connectivity index (χ2v) is 10.7. The van der Waals surface area contributed by atoms with E-state index < -0.39 is 21.7 Å². The maximum absolute atomic E-state index is 14.3. The highest BCUT2D eigenvalue weighted by atomic mass is 32.2. The Balaban J connectivity index is 1.66. The molecule has 1 aromatic carbocycles. The van der Waals surface area contributed by atoms with E-state index in [4.69, 9.17) is 9.47 Å². The summed E-state index contributed by atoms with van der Waals surface area (Å²) < 4.78 is 53.4. The molecule has 1 N–H and O–H groups in total. The summed E-state index contributed by atoms with van der Waals surface area (Å²) in [5, 5.41) is -0.283. The largest absolute Gasteiger partial charge is 0.493 e. The van der Waals surface area contributed by atoms with Crippen molar-refractivity contribution in [3.63, 3.8) is 0 Å². The molecule has 1 saturated carbocycles. The molecule has 1 aliphatic rings. The Bertz CT molecular complexity index is 1330. The third kappa shape index (κ3) is 6.37. The maximum atomic E-state index is 14.3. The van der Waals surface area contributed by atoms with Gasteiger partial charge in [-0.05, 0) is 68.0 Å². The molecule has 10 heteroatoms. The highest BCUT2D eigenvalue weighted by Gasteiger charge is 2.26. The van der Waals surface area contributed by atoms with E-state index in [1.165, 1.54) is 42.6 Å². The van der Waals surface area contributed by atoms with Crippen LogP contribution in [0.4, 0.5) is 4.39 Å². The third-order valence-corrected chi connectivity index (χ3v) is 6.82. The van der Waals surface area contributed by atoms with Gasteiger partial charge in [0.15, 0.2) is 5.03 Å². The van der Waals surface area contributed by atoms with E-state index in [-0.39, 0.29) is 28.5 Å². The average molecular weight is 514 g/mol. The summed E-state index contributed by atoms with van der Waals surface area (Å²) in [6.07, 6.45) is 4.74. The molecule has 2 aromatic heterocycles. The summed E-state index contributed by atoms with van der Waals surface area (Å²) in [7, 11) is -4.20. The molecule has 1 aliphatic carbocycles. The quantitative estimate of drug-likeness (QED) is 0.440. The van der Waals surface area contributed by atoms with E-state index in [9.17, 15) is 17.6 Å². The standard InChI is InChI=1S/C26H28FN3O5S/c1-17(2)16-34-21-14-18(13-19(27)15-21)23-11-10-22(26(29-23)35-20-7-3-4-8-20)25(31)30-36(32,33)24-9-5-6-12-28-24/h5-6,9-15,17,20H,3-4,7-8,16H2,1-2H3,(H,30,31). The van der Waals surface area contributed by atoms with Gasteiger partial charge in [0.25, 0.3) is 15.9 Å². The average Bonchev–Trinajstić information content (AvgIpc) is 3.36. The Labute approximate surface area is 209 Å². The zero-order chi connectivity index (χ0) is 25.7. The minimum absolute atomic E-state index is 0.0120. The molecule has 0 bridgehead atoms. The number of carbonyl (C=O) groups is 1. The number of halogens is 1. The van der Waals surface area contributed by atoms with Gasteiger partial charge in [0, 0.05) is 17.8 Å². The number of carbonyl (C=O) groups excluding carboxylic acids is 1. The lowest BCUT2D eigenvalue weighted by Gasteiger charge is -2.17. The highest BCUT2D eigenvalue weighted by molar-refractivity contribution is 7.90. The van der Waals surface area contributed by atoms with Crippen molar-refractivity contribution >= 4 is 15.9 Å². The zero-order valence-corrected chi connectivity index (χ0v) is 20.9. The number of amides is 1. The lowest BCUT2D eigenvalue weighted by Crippen LogP contribution is -2.32. The van der Waals surface area contributed by atoms with Crippen LogP contribution in [0.2, 0.25) is 0 Å². The van der Waals surface area contributed by atoms with E-state index >= 15 is 0 Å². The molecule has 0 unspecified atom stereocenters. The molecule has 1 fully saturated rings. The first-order chi connectivity index (χ1) is 17.2. The van der Waals surface area contributed by atoms with Crippen LogP contribution in [0.25, 0.3) is 11.3 Å². The van der Waals surface area contributed by atoms with Gasteiger partial charge in [0.2, 0.25) is 5.88 Å². The summed E-state index contributed by atoms with van der Waals surface area (Å²) in [4.78, 5) is 21.3. The number of hydrogen-bond acceptors (Lipinski definition) is 7. The summed E-state index contributed by atoms with van der Waals surface area (Å²) in [5.41, 5.74) is 0.761. The summed E-state index contributed by atoms with van der Waals surface area (Å²) in [6, 6.07) is 11.6. The van der Waals surface area contributed by atoms with E-state index in [2.05, 4.69) is 9.97 Å². The molecule has 190 valence electrons. The number of benzene rings is 1. The van der Waals surface area contributed by atoms with Crippen LogP contribution in [0.3, 0.4) is 0 Å². The van der Waals surface area contributed by atoms with Crippen LogP contribution in [-0.2, 0) is 10.0 Å². The maximum Gasteiger partial charge on any atom is 0.281 e. The van der Waals surface area contributed by atoms with Crippen molar-refractivity contribution in [1.82, 2.24) is 14.7 Å². The van der Waals surface area contributed by atoms with Crippen molar-refractivity contribution in [2.75, 3.05) is 6.61 Å². The molecular weight excluding hydrogens is 485 g/mol. The highest BCUT2D eigenvalue weighted by Crippen LogP contribution is 2.30. The molecule has 8 nitrogen and oxygen atoms in total. The van der Waals surface area contributed by atoms with Crippen molar-refractivity contribution in [2.24, 2.45) is 5.92 Å². The Morgan fingerprint density at radius 3 is 2.61 bits per heavy atom. The van der Waals surface area contributed by atoms with Gasteiger partial charge in [-0.15, -0.1) is 0 Å². The first-order valence-corrected chi connectivity index (χ1v) is 13.3. The molecule has 0 atom stereocenters. The van der Waals surface area contributed by atoms with Crippen LogP contribution in [0.15, 0.2) is 59.8 Å². The minimum atomic E-state index is -4.20. The summed E-state index contributed by atoms with van der Waals surface area (Å²) >= 11 is 0. The fourth-order valence-electron chi connectivity index (χ4n) is 3.82. The number of hydrogen-bond donors (Lipinski definition) is 1. The fourth-order valence-corrected chi connectivity index (χ4v) is 4.74. The predicted octanol–water partition coefficient (Wildman–Crippen LogP) is 4.76. The molecular formula is C26H28FN3O5S. The minimum Gasteiger partial charge on any atom is -0.493 e. The normalized spacial score (nSPS) is 14.1. The van der Waals surface area contributed by atoms with Gasteiger partial charge in [-0.1, -0.05) is 19.9 Å². The number of nitrogens with zero attached hydrogens (tertiary/aromatic N) is 2. The van der Waals surface area contributed by atoms with E-state index in [0.29, 0.717) is 23.6 Å². The van der Waals surface area contributed by atoms with E-state index in [0.717, 1.165) is 25.7 Å². The van der Waals surface area contributed by atoms with E-state index in [1.807, 2.05) is 18.6 Å². The number of sulfonamides is 1. The topological polar surface area (TPSA) is 107 Å². The van der Waals surface area contributed by atoms with Gasteiger partial charge in [-0.3, -0.25) is 4.79 Å². The fraction of sp³-hybridized carbons (Fsp3) is 0.346. The number of rotatable bonds is 9. The monoisotopic (exact) mass is 513 g/mol. The van der Waals surface area contributed by atoms with Gasteiger partial charge in [0.05, 0.1) is 12.3 Å². The van der Waals surface area contributed by atoms with Crippen LogP contribution in [0, 0.1) is 11.7 Å². The summed E-state index contributed by atoms with van der Waals surface area (Å²) in [5.74, 6) is -0.770. The number of pyridine rings is 2. The van der Waals surface area contributed by atoms with Gasteiger partial charge in [0.1, 0.15) is 23.2 Å². The Morgan fingerprint density at radius 2 is 1.92 bits per heavy atom. The predicted molar refractivity (Wildman–Crippen MR) is 132 cm³/mol. The first kappa shape index (κ1) is 25.6. The molecule has 3 aromatic rings. The number of ether oxygens (including phenoxy) is 2. The van der Waals surface area contributed by atoms with Crippen molar-refractivity contribution in [2.45, 2.75) is 50.7 Å². The van der Waals surface area contributed by atoms with Gasteiger partial charge < -0.3 is 9.47 Å². The molecule has 1 amide bonds. The van der Waals surface area contributed by atoms with Crippen molar-refractivity contribution in [3.05, 3.63) is 66.1 Å². The second-order valence-electron chi connectivity index (χ2n) is 9.06. The molecule has 0 saturated heterocycles. The molecule has 0 radical (unpaired) electrons. The third-order valence-electron chi connectivity index (χ3n) is 5.58.